The van der Waals surface area contributed by atoms with Crippen molar-refractivity contribution in [3.8, 4) is 11.5 Å². The average Bonchev–Trinajstić information content (AvgIpc) is 3.19. The molecule has 35 heavy (non-hydrogen) atoms. The molecule has 1 aliphatic heterocycles. The van der Waals surface area contributed by atoms with Gasteiger partial charge in [-0.25, -0.2) is 9.79 Å². The van der Waals surface area contributed by atoms with E-state index >= 15 is 0 Å². The van der Waals surface area contributed by atoms with Gasteiger partial charge in [-0.2, -0.15) is 0 Å². The maximum absolute atomic E-state index is 12.4. The number of hydrogen-bond acceptors (Lipinski definition) is 7. The van der Waals surface area contributed by atoms with Crippen LogP contribution in [-0.2, 0) is 16.1 Å². The molecule has 3 aromatic carbocycles. The Bertz CT molecular complexity index is 1370. The molecule has 0 aliphatic carbocycles. The molecular weight excluding hydrogens is 587 g/mol. The molecule has 0 spiro atoms. The second kappa shape index (κ2) is 10.9. The van der Waals surface area contributed by atoms with Crippen molar-refractivity contribution in [1.29, 1.82) is 0 Å². The van der Waals surface area contributed by atoms with E-state index in [0.717, 1.165) is 9.13 Å². The summed E-state index contributed by atoms with van der Waals surface area (Å²) in [5.41, 5.74) is 1.69. The van der Waals surface area contributed by atoms with Crippen LogP contribution in [0.5, 0.6) is 11.5 Å². The number of halogens is 2. The summed E-state index contributed by atoms with van der Waals surface area (Å²) in [7, 11) is 0. The fourth-order valence-corrected chi connectivity index (χ4v) is 4.06. The van der Waals surface area contributed by atoms with Gasteiger partial charge in [-0.1, -0.05) is 29.8 Å². The first-order valence-corrected chi connectivity index (χ1v) is 11.9. The van der Waals surface area contributed by atoms with E-state index in [2.05, 4.69) is 27.6 Å². The van der Waals surface area contributed by atoms with Gasteiger partial charge >= 0.3 is 5.97 Å². The van der Waals surface area contributed by atoms with Gasteiger partial charge < -0.3 is 14.2 Å². The Kier molecular flexibility index (Phi) is 7.67. The summed E-state index contributed by atoms with van der Waals surface area (Å²) >= 11 is 8.11. The van der Waals surface area contributed by atoms with Crippen LogP contribution >= 0.6 is 34.2 Å². The summed E-state index contributed by atoms with van der Waals surface area (Å²) in [6, 6.07) is 17.3. The molecule has 1 aliphatic rings. The molecule has 0 N–H and O–H groups in total. The van der Waals surface area contributed by atoms with E-state index in [0.29, 0.717) is 30.3 Å². The zero-order valence-electron chi connectivity index (χ0n) is 18.4. The summed E-state index contributed by atoms with van der Waals surface area (Å²) in [4.78, 5) is 27.1. The molecule has 0 saturated heterocycles. The predicted octanol–water partition coefficient (Wildman–Crippen LogP) is 6.18. The standard InChI is InChI=1S/C25H18ClIN2O6/c1-2-33-23-12-15(6-9-22(23)34-14-16-4-3-5-18(27)10-16)11-20-25(30)35-24(28-20)17-7-8-19(26)21(13-17)29(31)32/h3-13H,2,14H2,1H3/b20-11-. The van der Waals surface area contributed by atoms with Crippen LogP contribution in [0, 0.1) is 13.7 Å². The molecule has 3 aromatic rings. The maximum atomic E-state index is 12.4. The first kappa shape index (κ1) is 24.7. The Hall–Kier alpha value is -3.44. The Morgan fingerprint density at radius 2 is 1.94 bits per heavy atom. The zero-order chi connectivity index (χ0) is 24.9. The number of benzene rings is 3. The van der Waals surface area contributed by atoms with E-state index < -0.39 is 10.9 Å². The summed E-state index contributed by atoms with van der Waals surface area (Å²) in [6.07, 6.45) is 1.55. The smallest absolute Gasteiger partial charge is 0.363 e. The van der Waals surface area contributed by atoms with Crippen molar-refractivity contribution in [2.24, 2.45) is 4.99 Å². The number of cyclic esters (lactones) is 1. The normalized spacial score (nSPS) is 14.0. The van der Waals surface area contributed by atoms with E-state index in [1.807, 2.05) is 31.2 Å². The Morgan fingerprint density at radius 1 is 1.11 bits per heavy atom. The molecule has 0 fully saturated rings. The van der Waals surface area contributed by atoms with Gasteiger partial charge in [0, 0.05) is 15.2 Å². The molecule has 4 rings (SSSR count). The lowest BCUT2D eigenvalue weighted by molar-refractivity contribution is -0.384. The molecule has 0 unspecified atom stereocenters. The van der Waals surface area contributed by atoms with E-state index in [9.17, 15) is 14.9 Å². The van der Waals surface area contributed by atoms with Crippen LogP contribution in [0.4, 0.5) is 5.69 Å². The van der Waals surface area contributed by atoms with Crippen LogP contribution < -0.4 is 9.47 Å². The minimum atomic E-state index is -0.672. The number of hydrogen-bond donors (Lipinski definition) is 0. The minimum absolute atomic E-state index is 0.0211. The molecule has 8 nitrogen and oxygen atoms in total. The van der Waals surface area contributed by atoms with E-state index in [4.69, 9.17) is 25.8 Å². The Morgan fingerprint density at radius 3 is 2.69 bits per heavy atom. The number of aliphatic imine (C=N–C) groups is 1. The summed E-state index contributed by atoms with van der Waals surface area (Å²) in [5, 5.41) is 11.1. The van der Waals surface area contributed by atoms with Crippen molar-refractivity contribution in [3.63, 3.8) is 0 Å². The van der Waals surface area contributed by atoms with Crippen LogP contribution in [0.1, 0.15) is 23.6 Å². The molecule has 10 heteroatoms. The van der Waals surface area contributed by atoms with E-state index in [1.54, 1.807) is 24.3 Å². The van der Waals surface area contributed by atoms with E-state index in [-0.39, 0.29) is 27.9 Å². The third-order valence-corrected chi connectivity index (χ3v) is 5.86. The van der Waals surface area contributed by atoms with Gasteiger partial charge in [0.25, 0.3) is 5.69 Å². The number of nitro groups is 1. The molecule has 0 saturated carbocycles. The van der Waals surface area contributed by atoms with Crippen LogP contribution in [0.25, 0.3) is 6.08 Å². The molecule has 178 valence electrons. The van der Waals surface area contributed by atoms with Gasteiger partial charge in [0.2, 0.25) is 5.90 Å². The fraction of sp³-hybridized carbons (Fsp3) is 0.120. The number of nitro benzene ring substituents is 1. The predicted molar refractivity (Wildman–Crippen MR) is 140 cm³/mol. The van der Waals surface area contributed by atoms with Crippen molar-refractivity contribution < 1.29 is 23.9 Å². The van der Waals surface area contributed by atoms with Gasteiger partial charge in [-0.15, -0.1) is 0 Å². The van der Waals surface area contributed by atoms with Crippen LogP contribution in [0.15, 0.2) is 71.4 Å². The average molecular weight is 605 g/mol. The van der Waals surface area contributed by atoms with Crippen molar-refractivity contribution in [2.75, 3.05) is 6.61 Å². The number of carbonyl (C=O) groups excluding carboxylic acids is 1. The Labute approximate surface area is 219 Å². The van der Waals surface area contributed by atoms with Crippen LogP contribution in [0.3, 0.4) is 0 Å². The fourth-order valence-electron chi connectivity index (χ4n) is 3.27. The van der Waals surface area contributed by atoms with Crippen molar-refractivity contribution >= 4 is 57.8 Å². The van der Waals surface area contributed by atoms with Gasteiger partial charge in [-0.3, -0.25) is 10.1 Å². The molecule has 0 bridgehead atoms. The lowest BCUT2D eigenvalue weighted by Crippen LogP contribution is -2.06. The number of rotatable bonds is 8. The Balaban J connectivity index is 1.58. The molecule has 0 amide bonds. The second-order valence-electron chi connectivity index (χ2n) is 7.32. The van der Waals surface area contributed by atoms with Gasteiger partial charge in [0.15, 0.2) is 17.2 Å². The quantitative estimate of drug-likeness (QED) is 0.100. The molecule has 1 heterocycles. The number of carbonyl (C=O) groups is 1. The lowest BCUT2D eigenvalue weighted by Gasteiger charge is -2.13. The van der Waals surface area contributed by atoms with Crippen molar-refractivity contribution in [1.82, 2.24) is 0 Å². The maximum Gasteiger partial charge on any atom is 0.363 e. The zero-order valence-corrected chi connectivity index (χ0v) is 21.3. The number of esters is 1. The first-order valence-electron chi connectivity index (χ1n) is 10.4. The second-order valence-corrected chi connectivity index (χ2v) is 8.97. The van der Waals surface area contributed by atoms with Crippen LogP contribution in [0.2, 0.25) is 5.02 Å². The van der Waals surface area contributed by atoms with Gasteiger partial charge in [-0.05, 0) is 83.1 Å². The molecule has 0 atom stereocenters. The SMILES string of the molecule is CCOc1cc(/C=C2\N=C(c3ccc(Cl)c([N+](=O)[O-])c3)OC2=O)ccc1OCc1cccc(I)c1. The molecule has 0 radical (unpaired) electrons. The van der Waals surface area contributed by atoms with E-state index in [1.165, 1.54) is 18.2 Å². The third kappa shape index (κ3) is 5.98. The summed E-state index contributed by atoms with van der Waals surface area (Å²) in [5.74, 6) is 0.383. The third-order valence-electron chi connectivity index (χ3n) is 4.86. The highest BCUT2D eigenvalue weighted by atomic mass is 127. The first-order chi connectivity index (χ1) is 16.8. The van der Waals surface area contributed by atoms with Gasteiger partial charge in [0.1, 0.15) is 11.6 Å². The van der Waals surface area contributed by atoms with Crippen LogP contribution in [-0.4, -0.2) is 23.4 Å². The minimum Gasteiger partial charge on any atom is -0.490 e. The highest BCUT2D eigenvalue weighted by Crippen LogP contribution is 2.32. The van der Waals surface area contributed by atoms with Gasteiger partial charge in [0.05, 0.1) is 11.5 Å². The number of ether oxygens (including phenoxy) is 3. The van der Waals surface area contributed by atoms with Crippen molar-refractivity contribution in [3.05, 3.63) is 102 Å². The monoisotopic (exact) mass is 604 g/mol. The number of nitrogens with zero attached hydrogens (tertiary/aromatic N) is 2. The van der Waals surface area contributed by atoms with Crippen molar-refractivity contribution in [2.45, 2.75) is 13.5 Å². The highest BCUT2D eigenvalue weighted by Gasteiger charge is 2.26. The molecular formula is C25H18ClIN2O6. The largest absolute Gasteiger partial charge is 0.490 e. The highest BCUT2D eigenvalue weighted by molar-refractivity contribution is 14.1. The topological polar surface area (TPSA) is 100 Å². The summed E-state index contributed by atoms with van der Waals surface area (Å²) < 4.78 is 18.0. The molecule has 0 aromatic heterocycles. The summed E-state index contributed by atoms with van der Waals surface area (Å²) in [6.45, 7) is 2.68. The lowest BCUT2D eigenvalue weighted by atomic mass is 10.1.